The zero-order valence-electron chi connectivity index (χ0n) is 7.95. The predicted molar refractivity (Wildman–Crippen MR) is 56.7 cm³/mol. The van der Waals surface area contributed by atoms with E-state index in [1.807, 2.05) is 13.8 Å². The lowest BCUT2D eigenvalue weighted by atomic mass is 10.3. The first kappa shape index (κ1) is 11.8. The summed E-state index contributed by atoms with van der Waals surface area (Å²) in [5.74, 6) is 0. The van der Waals surface area contributed by atoms with E-state index >= 15 is 0 Å². The van der Waals surface area contributed by atoms with Gasteiger partial charge in [0.05, 0.1) is 0 Å². The van der Waals surface area contributed by atoms with Crippen molar-refractivity contribution < 1.29 is 4.55 Å². The maximum atomic E-state index is 11.7. The van der Waals surface area contributed by atoms with Gasteiger partial charge in [-0.1, -0.05) is 27.0 Å². The van der Waals surface area contributed by atoms with Gasteiger partial charge in [-0.15, -0.1) is 0 Å². The first-order valence-electron chi connectivity index (χ1n) is 4.35. The topological polar surface area (TPSA) is 23.1 Å². The van der Waals surface area contributed by atoms with Crippen molar-refractivity contribution in [2.45, 2.75) is 37.2 Å². The van der Waals surface area contributed by atoms with Crippen molar-refractivity contribution in [1.29, 1.82) is 0 Å². The summed E-state index contributed by atoms with van der Waals surface area (Å²) >= 11 is -0.832. The van der Waals surface area contributed by atoms with E-state index in [2.05, 4.69) is 13.2 Å². The van der Waals surface area contributed by atoms with Crippen LogP contribution in [0.1, 0.15) is 26.7 Å². The Balaban J connectivity index is 4.20. The minimum Gasteiger partial charge on any atom is -0.615 e. The van der Waals surface area contributed by atoms with Crippen molar-refractivity contribution >= 4 is 11.2 Å². The second-order valence-corrected chi connectivity index (χ2v) is 4.56. The third kappa shape index (κ3) is 3.03. The van der Waals surface area contributed by atoms with Gasteiger partial charge in [-0.2, -0.15) is 0 Å². The third-order valence-corrected chi connectivity index (χ3v) is 4.17. The van der Waals surface area contributed by atoms with Gasteiger partial charge in [0.1, 0.15) is 10.5 Å². The van der Waals surface area contributed by atoms with Crippen LogP contribution in [0.5, 0.6) is 0 Å². The molecule has 0 saturated heterocycles. The van der Waals surface area contributed by atoms with E-state index in [1.165, 1.54) is 0 Å². The molecule has 2 atom stereocenters. The molecule has 1 nitrogen and oxygen atoms in total. The molecule has 0 N–H and O–H groups in total. The Morgan fingerprint density at radius 2 is 1.50 bits per heavy atom. The fourth-order valence-corrected chi connectivity index (χ4v) is 2.56. The van der Waals surface area contributed by atoms with Crippen molar-refractivity contribution in [2.24, 2.45) is 0 Å². The van der Waals surface area contributed by atoms with Gasteiger partial charge in [-0.25, -0.2) is 0 Å². The second kappa shape index (κ2) is 6.32. The smallest absolute Gasteiger partial charge is 0.133 e. The molecule has 12 heavy (non-hydrogen) atoms. The van der Waals surface area contributed by atoms with Gasteiger partial charge in [-0.05, 0) is 36.2 Å². The van der Waals surface area contributed by atoms with E-state index in [0.717, 1.165) is 12.8 Å². The Kier molecular flexibility index (Phi) is 6.21. The fraction of sp³-hybridized carbons (Fsp3) is 0.600. The van der Waals surface area contributed by atoms with Crippen LogP contribution < -0.4 is 0 Å². The number of hydrogen-bond donors (Lipinski definition) is 0. The maximum Gasteiger partial charge on any atom is 0.133 e. The zero-order chi connectivity index (χ0) is 9.56. The fourth-order valence-electron chi connectivity index (χ4n) is 1.08. The van der Waals surface area contributed by atoms with E-state index in [0.29, 0.717) is 0 Å². The minimum absolute atomic E-state index is 0.118. The molecule has 0 aromatic rings. The van der Waals surface area contributed by atoms with E-state index < -0.39 is 11.2 Å². The minimum atomic E-state index is -0.832. The molecule has 0 amide bonds. The van der Waals surface area contributed by atoms with Gasteiger partial charge < -0.3 is 4.55 Å². The van der Waals surface area contributed by atoms with Gasteiger partial charge >= 0.3 is 0 Å². The molecule has 0 rings (SSSR count). The highest BCUT2D eigenvalue weighted by atomic mass is 32.2. The summed E-state index contributed by atoms with van der Waals surface area (Å²) in [6, 6.07) is 0. The molecule has 70 valence electrons. The molecular formula is C10H18OS. The Morgan fingerprint density at radius 1 is 1.17 bits per heavy atom. The predicted octanol–water partition coefficient (Wildman–Crippen LogP) is 2.66. The summed E-state index contributed by atoms with van der Waals surface area (Å²) in [6.45, 7) is 11.4. The number of hydrogen-bond acceptors (Lipinski definition) is 1. The maximum absolute atomic E-state index is 11.7. The highest BCUT2D eigenvalue weighted by Gasteiger charge is 2.23. The van der Waals surface area contributed by atoms with Crippen LogP contribution in [0.3, 0.4) is 0 Å². The normalized spacial score (nSPS) is 17.9. The highest BCUT2D eigenvalue weighted by molar-refractivity contribution is 7.92. The van der Waals surface area contributed by atoms with Crippen LogP contribution in [0.2, 0.25) is 0 Å². The molecule has 0 fully saturated rings. The van der Waals surface area contributed by atoms with Crippen LogP contribution >= 0.6 is 0 Å². The molecule has 0 aliphatic carbocycles. The standard InChI is InChI=1S/C10H18OS/c1-5-9(6-2)12(11)10(7-3)8-4/h5,7,9-10H,1,3,6,8H2,2,4H3. The average Bonchev–Trinajstić information content (AvgIpc) is 2.09. The van der Waals surface area contributed by atoms with Crippen molar-refractivity contribution in [3.63, 3.8) is 0 Å². The van der Waals surface area contributed by atoms with Gasteiger partial charge in [0.25, 0.3) is 0 Å². The zero-order valence-corrected chi connectivity index (χ0v) is 8.77. The highest BCUT2D eigenvalue weighted by Crippen LogP contribution is 2.17. The van der Waals surface area contributed by atoms with Crippen molar-refractivity contribution in [1.82, 2.24) is 0 Å². The molecule has 0 heterocycles. The summed E-state index contributed by atoms with van der Waals surface area (Å²) in [5, 5.41) is 0.237. The Hall–Kier alpha value is -0.210. The first-order valence-corrected chi connectivity index (χ1v) is 5.63. The van der Waals surface area contributed by atoms with Gasteiger partial charge in [0, 0.05) is 0 Å². The van der Waals surface area contributed by atoms with Crippen molar-refractivity contribution in [3.05, 3.63) is 25.3 Å². The van der Waals surface area contributed by atoms with Crippen LogP contribution in [0.15, 0.2) is 25.3 Å². The SMILES string of the molecule is C=CC(CC)[S+]([O-])C(C=C)CC. The van der Waals surface area contributed by atoms with Gasteiger partial charge in [-0.3, -0.25) is 0 Å². The molecule has 2 heteroatoms. The summed E-state index contributed by atoms with van der Waals surface area (Å²) in [4.78, 5) is 0. The summed E-state index contributed by atoms with van der Waals surface area (Å²) in [6.07, 6.45) is 5.34. The summed E-state index contributed by atoms with van der Waals surface area (Å²) < 4.78 is 11.7. The Labute approximate surface area is 78.7 Å². The Bertz CT molecular complexity index is 129. The van der Waals surface area contributed by atoms with Crippen LogP contribution in [0, 0.1) is 0 Å². The summed E-state index contributed by atoms with van der Waals surface area (Å²) in [5.41, 5.74) is 0. The average molecular weight is 186 g/mol. The quantitative estimate of drug-likeness (QED) is 0.462. The van der Waals surface area contributed by atoms with Gasteiger partial charge in [0.2, 0.25) is 0 Å². The molecule has 0 aromatic carbocycles. The van der Waals surface area contributed by atoms with Gasteiger partial charge in [0.15, 0.2) is 0 Å². The molecule has 0 bridgehead atoms. The lowest BCUT2D eigenvalue weighted by Crippen LogP contribution is -2.28. The van der Waals surface area contributed by atoms with E-state index in [-0.39, 0.29) is 10.5 Å². The van der Waals surface area contributed by atoms with E-state index in [4.69, 9.17) is 0 Å². The van der Waals surface area contributed by atoms with Crippen molar-refractivity contribution in [2.75, 3.05) is 0 Å². The molecule has 2 unspecified atom stereocenters. The van der Waals surface area contributed by atoms with E-state index in [1.54, 1.807) is 12.2 Å². The molecule has 0 saturated carbocycles. The molecule has 0 aliphatic heterocycles. The molecular weight excluding hydrogens is 168 g/mol. The van der Waals surface area contributed by atoms with Crippen LogP contribution in [-0.2, 0) is 11.2 Å². The molecule has 0 aromatic heterocycles. The molecule has 0 radical (unpaired) electrons. The lowest BCUT2D eigenvalue weighted by molar-refractivity contribution is 0.576. The van der Waals surface area contributed by atoms with Crippen LogP contribution in [0.25, 0.3) is 0 Å². The lowest BCUT2D eigenvalue weighted by Gasteiger charge is -2.22. The molecule has 0 spiro atoms. The monoisotopic (exact) mass is 186 g/mol. The second-order valence-electron chi connectivity index (χ2n) is 2.69. The summed E-state index contributed by atoms with van der Waals surface area (Å²) in [7, 11) is 0. The van der Waals surface area contributed by atoms with Crippen molar-refractivity contribution in [3.8, 4) is 0 Å². The number of rotatable bonds is 6. The van der Waals surface area contributed by atoms with Crippen LogP contribution in [-0.4, -0.2) is 15.1 Å². The van der Waals surface area contributed by atoms with Crippen LogP contribution in [0.4, 0.5) is 0 Å². The molecule has 0 aliphatic rings. The third-order valence-electron chi connectivity index (χ3n) is 1.93. The largest absolute Gasteiger partial charge is 0.615 e. The Morgan fingerprint density at radius 3 is 1.67 bits per heavy atom. The van der Waals surface area contributed by atoms with E-state index in [9.17, 15) is 4.55 Å². The first-order chi connectivity index (χ1) is 5.71.